The molecule has 0 N–H and O–H groups in total. The van der Waals surface area contributed by atoms with Crippen molar-refractivity contribution >= 4 is 17.6 Å². The predicted molar refractivity (Wildman–Crippen MR) is 101 cm³/mol. The minimum Gasteiger partial charge on any atom is -0.457 e. The first-order chi connectivity index (χ1) is 13.1. The van der Waals surface area contributed by atoms with Crippen LogP contribution in [0.25, 0.3) is 0 Å². The second kappa shape index (κ2) is 8.27. The number of rotatable bonds is 5. The van der Waals surface area contributed by atoms with Gasteiger partial charge in [0.05, 0.1) is 11.1 Å². The molecule has 0 unspecified atom stereocenters. The molecule has 0 heterocycles. The summed E-state index contributed by atoms with van der Waals surface area (Å²) in [6.45, 7) is -0.0758. The summed E-state index contributed by atoms with van der Waals surface area (Å²) in [5.74, 6) is -1.35. The second-order valence-corrected chi connectivity index (χ2v) is 5.95. The van der Waals surface area contributed by atoms with Crippen molar-refractivity contribution < 1.29 is 18.7 Å². The highest BCUT2D eigenvalue weighted by Crippen LogP contribution is 2.18. The van der Waals surface area contributed by atoms with Gasteiger partial charge in [0.2, 0.25) is 0 Å². The first-order valence-corrected chi connectivity index (χ1v) is 8.40. The fourth-order valence-corrected chi connectivity index (χ4v) is 2.65. The molecule has 5 heteroatoms. The lowest BCUT2D eigenvalue weighted by Gasteiger charge is -2.18. The standard InChI is InChI=1S/C22H18FNO3/c1-24(18-10-3-2-4-11-18)21(25)19-12-5-6-13-20(19)22(26)27-15-16-8-7-9-17(23)14-16/h2-14H,15H2,1H3. The van der Waals surface area contributed by atoms with E-state index in [4.69, 9.17) is 4.74 Å². The van der Waals surface area contributed by atoms with Crippen molar-refractivity contribution in [1.29, 1.82) is 0 Å². The van der Waals surface area contributed by atoms with E-state index in [1.54, 1.807) is 43.4 Å². The molecule has 0 spiro atoms. The molecular weight excluding hydrogens is 345 g/mol. The van der Waals surface area contributed by atoms with E-state index in [-0.39, 0.29) is 23.6 Å². The number of ether oxygens (including phenoxy) is 1. The van der Waals surface area contributed by atoms with Crippen molar-refractivity contribution in [3.8, 4) is 0 Å². The van der Waals surface area contributed by atoms with E-state index in [2.05, 4.69) is 0 Å². The van der Waals surface area contributed by atoms with Crippen LogP contribution in [0.1, 0.15) is 26.3 Å². The van der Waals surface area contributed by atoms with Crippen LogP contribution in [-0.2, 0) is 11.3 Å². The first-order valence-electron chi connectivity index (χ1n) is 8.40. The zero-order valence-corrected chi connectivity index (χ0v) is 14.8. The van der Waals surface area contributed by atoms with Gasteiger partial charge in [0.25, 0.3) is 5.91 Å². The first kappa shape index (κ1) is 18.3. The number of amides is 1. The van der Waals surface area contributed by atoms with Gasteiger partial charge in [-0.15, -0.1) is 0 Å². The molecule has 0 fully saturated rings. The Morgan fingerprint density at radius 2 is 1.56 bits per heavy atom. The Hall–Kier alpha value is -3.47. The van der Waals surface area contributed by atoms with Gasteiger partial charge in [-0.25, -0.2) is 9.18 Å². The monoisotopic (exact) mass is 363 g/mol. The smallest absolute Gasteiger partial charge is 0.339 e. The zero-order chi connectivity index (χ0) is 19.2. The van der Waals surface area contributed by atoms with Crippen LogP contribution in [0, 0.1) is 5.82 Å². The number of hydrogen-bond acceptors (Lipinski definition) is 3. The lowest BCUT2D eigenvalue weighted by Crippen LogP contribution is -2.28. The molecule has 136 valence electrons. The average molecular weight is 363 g/mol. The lowest BCUT2D eigenvalue weighted by molar-refractivity contribution is 0.0469. The van der Waals surface area contributed by atoms with Gasteiger partial charge < -0.3 is 9.64 Å². The van der Waals surface area contributed by atoms with Crippen molar-refractivity contribution in [1.82, 2.24) is 0 Å². The zero-order valence-electron chi connectivity index (χ0n) is 14.8. The summed E-state index contributed by atoms with van der Waals surface area (Å²) in [6.07, 6.45) is 0. The van der Waals surface area contributed by atoms with E-state index in [0.717, 1.165) is 0 Å². The van der Waals surface area contributed by atoms with Crippen molar-refractivity contribution in [2.24, 2.45) is 0 Å². The number of para-hydroxylation sites is 1. The summed E-state index contributed by atoms with van der Waals surface area (Å²) in [4.78, 5) is 26.8. The maximum absolute atomic E-state index is 13.2. The Kier molecular flexibility index (Phi) is 5.61. The van der Waals surface area contributed by atoms with Gasteiger partial charge in [0.15, 0.2) is 0 Å². The summed E-state index contributed by atoms with van der Waals surface area (Å²) in [7, 11) is 1.65. The molecule has 3 rings (SSSR count). The number of anilines is 1. The number of carbonyl (C=O) groups excluding carboxylic acids is 2. The SMILES string of the molecule is CN(C(=O)c1ccccc1C(=O)OCc1cccc(F)c1)c1ccccc1. The van der Waals surface area contributed by atoms with E-state index in [1.165, 1.54) is 17.0 Å². The topological polar surface area (TPSA) is 46.6 Å². The van der Waals surface area contributed by atoms with Gasteiger partial charge >= 0.3 is 5.97 Å². The minimum atomic E-state index is -0.635. The summed E-state index contributed by atoms with van der Waals surface area (Å²) in [5, 5.41) is 0. The van der Waals surface area contributed by atoms with Crippen molar-refractivity contribution in [3.05, 3.63) is 101 Å². The maximum atomic E-state index is 13.2. The number of benzene rings is 3. The van der Waals surface area contributed by atoms with E-state index < -0.39 is 11.8 Å². The number of carbonyl (C=O) groups is 2. The van der Waals surface area contributed by atoms with E-state index in [0.29, 0.717) is 11.3 Å². The number of esters is 1. The third-order valence-corrected chi connectivity index (χ3v) is 4.08. The Labute approximate surface area is 156 Å². The van der Waals surface area contributed by atoms with Crippen molar-refractivity contribution in [3.63, 3.8) is 0 Å². The Morgan fingerprint density at radius 3 is 2.26 bits per heavy atom. The third kappa shape index (κ3) is 4.39. The molecule has 0 aliphatic heterocycles. The second-order valence-electron chi connectivity index (χ2n) is 5.95. The molecule has 0 atom stereocenters. The molecule has 0 bridgehead atoms. The minimum absolute atomic E-state index is 0.0758. The molecule has 0 saturated heterocycles. The van der Waals surface area contributed by atoms with E-state index in [9.17, 15) is 14.0 Å². The summed E-state index contributed by atoms with van der Waals surface area (Å²) >= 11 is 0. The molecule has 0 saturated carbocycles. The van der Waals surface area contributed by atoms with Crippen LogP contribution in [-0.4, -0.2) is 18.9 Å². The Bertz CT molecular complexity index is 957. The predicted octanol–water partition coefficient (Wildman–Crippen LogP) is 4.46. The van der Waals surface area contributed by atoms with Gasteiger partial charge in [-0.3, -0.25) is 4.79 Å². The van der Waals surface area contributed by atoms with E-state index in [1.807, 2.05) is 30.3 Å². The molecule has 3 aromatic rings. The molecule has 0 radical (unpaired) electrons. The molecule has 0 aromatic heterocycles. The maximum Gasteiger partial charge on any atom is 0.339 e. The average Bonchev–Trinajstić information content (AvgIpc) is 2.71. The Balaban J connectivity index is 1.78. The van der Waals surface area contributed by atoms with Crippen LogP contribution in [0.4, 0.5) is 10.1 Å². The van der Waals surface area contributed by atoms with Crippen LogP contribution in [0.2, 0.25) is 0 Å². The fourth-order valence-electron chi connectivity index (χ4n) is 2.65. The number of halogens is 1. The highest BCUT2D eigenvalue weighted by molar-refractivity contribution is 6.11. The van der Waals surface area contributed by atoms with Crippen LogP contribution >= 0.6 is 0 Å². The molecule has 1 amide bonds. The van der Waals surface area contributed by atoms with Crippen LogP contribution in [0.5, 0.6) is 0 Å². The summed E-state index contributed by atoms with van der Waals surface area (Å²) < 4.78 is 18.5. The van der Waals surface area contributed by atoms with Crippen molar-refractivity contribution in [2.75, 3.05) is 11.9 Å². The van der Waals surface area contributed by atoms with Crippen molar-refractivity contribution in [2.45, 2.75) is 6.61 Å². The number of nitrogens with zero attached hydrogens (tertiary/aromatic N) is 1. The highest BCUT2D eigenvalue weighted by Gasteiger charge is 2.21. The molecular formula is C22H18FNO3. The van der Waals surface area contributed by atoms with Gasteiger partial charge in [-0.1, -0.05) is 42.5 Å². The molecule has 0 aliphatic rings. The lowest BCUT2D eigenvalue weighted by atomic mass is 10.1. The Morgan fingerprint density at radius 1 is 0.889 bits per heavy atom. The quantitative estimate of drug-likeness (QED) is 0.629. The summed E-state index contributed by atoms with van der Waals surface area (Å²) in [6, 6.07) is 21.4. The van der Waals surface area contributed by atoms with Gasteiger partial charge in [0.1, 0.15) is 12.4 Å². The normalized spacial score (nSPS) is 10.3. The highest BCUT2D eigenvalue weighted by atomic mass is 19.1. The van der Waals surface area contributed by atoms with Crippen LogP contribution in [0.3, 0.4) is 0 Å². The van der Waals surface area contributed by atoms with Gasteiger partial charge in [-0.2, -0.15) is 0 Å². The molecule has 4 nitrogen and oxygen atoms in total. The van der Waals surface area contributed by atoms with Gasteiger partial charge in [-0.05, 0) is 42.0 Å². The van der Waals surface area contributed by atoms with E-state index >= 15 is 0 Å². The van der Waals surface area contributed by atoms with Gasteiger partial charge in [0, 0.05) is 12.7 Å². The molecule has 27 heavy (non-hydrogen) atoms. The largest absolute Gasteiger partial charge is 0.457 e. The number of hydrogen-bond donors (Lipinski definition) is 0. The molecule has 3 aromatic carbocycles. The van der Waals surface area contributed by atoms with Crippen LogP contribution < -0.4 is 4.90 Å². The fraction of sp³-hybridized carbons (Fsp3) is 0.0909. The molecule has 0 aliphatic carbocycles. The third-order valence-electron chi connectivity index (χ3n) is 4.08. The summed E-state index contributed by atoms with van der Waals surface area (Å²) in [5.41, 5.74) is 1.66. The van der Waals surface area contributed by atoms with Crippen LogP contribution in [0.15, 0.2) is 78.9 Å².